The second-order valence-corrected chi connectivity index (χ2v) is 7.67. The van der Waals surface area contributed by atoms with Gasteiger partial charge in [-0.05, 0) is 43.1 Å². The molecule has 2 aromatic rings. The first-order chi connectivity index (χ1) is 9.72. The highest BCUT2D eigenvalue weighted by molar-refractivity contribution is 7.19. The number of nitrogens with zero attached hydrogens (tertiary/aromatic N) is 3. The van der Waals surface area contributed by atoms with Crippen molar-refractivity contribution in [3.63, 3.8) is 0 Å². The number of piperidine rings is 1. The summed E-state index contributed by atoms with van der Waals surface area (Å²) in [5.41, 5.74) is 1.55. The van der Waals surface area contributed by atoms with Gasteiger partial charge in [0, 0.05) is 18.0 Å². The van der Waals surface area contributed by atoms with Gasteiger partial charge in [-0.25, -0.2) is 9.97 Å². The van der Waals surface area contributed by atoms with Gasteiger partial charge in [0.1, 0.15) is 17.0 Å². The Balaban J connectivity index is 0.00000132. The molecule has 114 valence electrons. The molecule has 0 bridgehead atoms. The van der Waals surface area contributed by atoms with E-state index in [1.54, 1.807) is 16.8 Å². The molecule has 2 atom stereocenters. The van der Waals surface area contributed by atoms with Crippen LogP contribution in [0.3, 0.4) is 0 Å². The molecule has 1 aliphatic carbocycles. The van der Waals surface area contributed by atoms with E-state index in [1.165, 1.54) is 41.7 Å². The van der Waals surface area contributed by atoms with Gasteiger partial charge in [0.25, 0.3) is 0 Å². The summed E-state index contributed by atoms with van der Waals surface area (Å²) in [7, 11) is 0. The van der Waals surface area contributed by atoms with Crippen molar-refractivity contribution >= 4 is 39.8 Å². The van der Waals surface area contributed by atoms with Gasteiger partial charge in [0.15, 0.2) is 0 Å². The fraction of sp³-hybridized carbons (Fsp3) is 0.625. The van der Waals surface area contributed by atoms with Crippen LogP contribution >= 0.6 is 23.7 Å². The summed E-state index contributed by atoms with van der Waals surface area (Å²) in [6.45, 7) is 7.00. The van der Waals surface area contributed by atoms with Crippen molar-refractivity contribution in [3.05, 3.63) is 16.8 Å². The molecular weight excluding hydrogens is 302 g/mol. The van der Waals surface area contributed by atoms with E-state index in [-0.39, 0.29) is 12.4 Å². The maximum atomic E-state index is 4.67. The largest absolute Gasteiger partial charge is 0.355 e. The van der Waals surface area contributed by atoms with Crippen LogP contribution in [0.15, 0.2) is 6.33 Å². The smallest absolute Gasteiger partial charge is 0.141 e. The fourth-order valence-corrected chi connectivity index (χ4v) is 5.21. The van der Waals surface area contributed by atoms with E-state index in [0.29, 0.717) is 0 Å². The predicted molar refractivity (Wildman–Crippen MR) is 91.8 cm³/mol. The van der Waals surface area contributed by atoms with Crippen LogP contribution in [0.5, 0.6) is 0 Å². The standard InChI is InChI=1S/C16H21N3S.ClH/c1-10-6-11(2)8-19(7-10)15-14-12-4-3-5-13(12)20-16(14)18-9-17-15;/h9-11H,3-8H2,1-2H3;1H. The van der Waals surface area contributed by atoms with Gasteiger partial charge >= 0.3 is 0 Å². The fourth-order valence-electron chi connectivity index (χ4n) is 3.99. The molecule has 1 fully saturated rings. The topological polar surface area (TPSA) is 29.0 Å². The van der Waals surface area contributed by atoms with E-state index >= 15 is 0 Å². The maximum absolute atomic E-state index is 4.67. The zero-order valence-corrected chi connectivity index (χ0v) is 14.3. The molecule has 0 radical (unpaired) electrons. The highest BCUT2D eigenvalue weighted by Gasteiger charge is 2.27. The van der Waals surface area contributed by atoms with Crippen molar-refractivity contribution in [1.82, 2.24) is 9.97 Å². The molecule has 1 saturated heterocycles. The molecule has 2 aliphatic rings. The summed E-state index contributed by atoms with van der Waals surface area (Å²) in [5.74, 6) is 2.72. The number of aryl methyl sites for hydroxylation is 2. The number of thiophene rings is 1. The SMILES string of the molecule is CC1CC(C)CN(c2ncnc3sc4c(c23)CCC4)C1.Cl. The molecule has 0 N–H and O–H groups in total. The lowest BCUT2D eigenvalue weighted by atomic mass is 9.92. The Morgan fingerprint density at radius 1 is 1.14 bits per heavy atom. The molecule has 0 amide bonds. The Labute approximate surface area is 136 Å². The first-order valence-electron chi connectivity index (χ1n) is 7.72. The third-order valence-electron chi connectivity index (χ3n) is 4.65. The van der Waals surface area contributed by atoms with Crippen molar-refractivity contribution in [2.45, 2.75) is 39.5 Å². The first kappa shape index (κ1) is 15.0. The van der Waals surface area contributed by atoms with E-state index < -0.39 is 0 Å². The summed E-state index contributed by atoms with van der Waals surface area (Å²) in [5, 5.41) is 1.37. The number of halogens is 1. The van der Waals surface area contributed by atoms with Crippen LogP contribution in [0.1, 0.15) is 37.1 Å². The van der Waals surface area contributed by atoms with Crippen LogP contribution in [0, 0.1) is 11.8 Å². The van der Waals surface area contributed by atoms with Crippen molar-refractivity contribution in [2.24, 2.45) is 11.8 Å². The van der Waals surface area contributed by atoms with Gasteiger partial charge in [-0.3, -0.25) is 0 Å². The normalized spacial score (nSPS) is 25.0. The number of hydrogen-bond acceptors (Lipinski definition) is 4. The van der Waals surface area contributed by atoms with Crippen LogP contribution in [0.25, 0.3) is 10.2 Å². The van der Waals surface area contributed by atoms with E-state index in [2.05, 4.69) is 28.7 Å². The number of aromatic nitrogens is 2. The number of anilines is 1. The molecule has 1 aliphatic heterocycles. The first-order valence-corrected chi connectivity index (χ1v) is 8.54. The zero-order valence-electron chi connectivity index (χ0n) is 12.6. The van der Waals surface area contributed by atoms with Crippen LogP contribution in [0.2, 0.25) is 0 Å². The second-order valence-electron chi connectivity index (χ2n) is 6.59. The van der Waals surface area contributed by atoms with Gasteiger partial charge in [-0.15, -0.1) is 23.7 Å². The van der Waals surface area contributed by atoms with Crippen molar-refractivity contribution in [2.75, 3.05) is 18.0 Å². The molecular formula is C16H22ClN3S. The minimum Gasteiger partial charge on any atom is -0.355 e. The van der Waals surface area contributed by atoms with Crippen molar-refractivity contribution < 1.29 is 0 Å². The molecule has 0 saturated carbocycles. The Morgan fingerprint density at radius 3 is 2.67 bits per heavy atom. The molecule has 2 unspecified atom stereocenters. The zero-order chi connectivity index (χ0) is 13.7. The third kappa shape index (κ3) is 2.53. The molecule has 4 rings (SSSR count). The van der Waals surface area contributed by atoms with E-state index in [1.807, 2.05) is 11.3 Å². The summed E-state index contributed by atoms with van der Waals surface area (Å²) in [6.07, 6.45) is 6.86. The highest BCUT2D eigenvalue weighted by atomic mass is 35.5. The average molecular weight is 324 g/mol. The lowest BCUT2D eigenvalue weighted by molar-refractivity contribution is 0.356. The second kappa shape index (κ2) is 5.73. The van der Waals surface area contributed by atoms with Crippen LogP contribution in [-0.4, -0.2) is 23.1 Å². The Hall–Kier alpha value is -0.870. The van der Waals surface area contributed by atoms with Gasteiger partial charge in [0.2, 0.25) is 0 Å². The Kier molecular flexibility index (Phi) is 4.10. The highest BCUT2D eigenvalue weighted by Crippen LogP contribution is 2.41. The van der Waals surface area contributed by atoms with Crippen LogP contribution in [0.4, 0.5) is 5.82 Å². The van der Waals surface area contributed by atoms with Gasteiger partial charge in [0.05, 0.1) is 5.39 Å². The summed E-state index contributed by atoms with van der Waals surface area (Å²) >= 11 is 1.89. The molecule has 3 nitrogen and oxygen atoms in total. The molecule has 2 aromatic heterocycles. The van der Waals surface area contributed by atoms with Gasteiger partial charge in [-0.1, -0.05) is 13.8 Å². The number of fused-ring (bicyclic) bond motifs is 3. The summed E-state index contributed by atoms with van der Waals surface area (Å²) in [4.78, 5) is 14.5. The number of hydrogen-bond donors (Lipinski definition) is 0. The van der Waals surface area contributed by atoms with E-state index in [4.69, 9.17) is 0 Å². The van der Waals surface area contributed by atoms with E-state index in [0.717, 1.165) is 24.9 Å². The predicted octanol–water partition coefficient (Wildman–Crippen LogP) is 4.08. The monoisotopic (exact) mass is 323 g/mol. The summed E-state index contributed by atoms with van der Waals surface area (Å²) in [6, 6.07) is 0. The number of rotatable bonds is 1. The van der Waals surface area contributed by atoms with Crippen molar-refractivity contribution in [1.29, 1.82) is 0 Å². The quantitative estimate of drug-likeness (QED) is 0.791. The molecule has 3 heterocycles. The maximum Gasteiger partial charge on any atom is 0.141 e. The van der Waals surface area contributed by atoms with Crippen LogP contribution < -0.4 is 4.90 Å². The van der Waals surface area contributed by atoms with E-state index in [9.17, 15) is 0 Å². The molecule has 0 aromatic carbocycles. The van der Waals surface area contributed by atoms with Crippen LogP contribution in [-0.2, 0) is 12.8 Å². The lowest BCUT2D eigenvalue weighted by Crippen LogP contribution is -2.39. The Morgan fingerprint density at radius 2 is 1.90 bits per heavy atom. The summed E-state index contributed by atoms with van der Waals surface area (Å²) < 4.78 is 0. The lowest BCUT2D eigenvalue weighted by Gasteiger charge is -2.36. The minimum absolute atomic E-state index is 0. The molecule has 5 heteroatoms. The van der Waals surface area contributed by atoms with Gasteiger partial charge < -0.3 is 4.90 Å². The van der Waals surface area contributed by atoms with Gasteiger partial charge in [-0.2, -0.15) is 0 Å². The molecule has 21 heavy (non-hydrogen) atoms. The third-order valence-corrected chi connectivity index (χ3v) is 5.85. The van der Waals surface area contributed by atoms with Crippen molar-refractivity contribution in [3.8, 4) is 0 Å². The average Bonchev–Trinajstić information content (AvgIpc) is 2.96. The minimum atomic E-state index is 0. The molecule has 0 spiro atoms. The Bertz CT molecular complexity index is 644.